The molecule has 0 spiro atoms. The largest absolute Gasteiger partial charge is 0.266 e. The van der Waals surface area contributed by atoms with Gasteiger partial charge in [-0.3, -0.25) is 9.34 Å². The molecule has 0 heterocycles. The highest BCUT2D eigenvalue weighted by molar-refractivity contribution is 7.75. The van der Waals surface area contributed by atoms with Crippen molar-refractivity contribution in [2.75, 3.05) is 14.1 Å². The molecule has 0 saturated heterocycles. The molecule has 2 aliphatic rings. The minimum atomic E-state index is -0.605. The van der Waals surface area contributed by atoms with E-state index in [0.29, 0.717) is 18.1 Å². The van der Waals surface area contributed by atoms with Gasteiger partial charge in [0, 0.05) is 28.7 Å². The average Bonchev–Trinajstić information content (AvgIpc) is 2.90. The molecule has 4 rings (SSSR count). The van der Waals surface area contributed by atoms with Gasteiger partial charge in [0.15, 0.2) is 0 Å². The Balaban J connectivity index is 1.78. The fourth-order valence-electron chi connectivity index (χ4n) is 5.75. The summed E-state index contributed by atoms with van der Waals surface area (Å²) in [6.07, 6.45) is 13.7. The molecule has 5 heteroatoms. The molecule has 2 saturated carbocycles. The highest BCUT2D eigenvalue weighted by atomic mass is 31.2. The summed E-state index contributed by atoms with van der Waals surface area (Å²) in [6.45, 7) is 4.86. The van der Waals surface area contributed by atoms with Crippen LogP contribution in [0.5, 0.6) is 0 Å². The molecule has 2 atom stereocenters. The van der Waals surface area contributed by atoms with E-state index >= 15 is 0 Å². The van der Waals surface area contributed by atoms with E-state index in [1.165, 1.54) is 74.8 Å². The van der Waals surface area contributed by atoms with E-state index in [4.69, 9.17) is 0 Å². The molecule has 0 amide bonds. The molecule has 0 N–H and O–H groups in total. The van der Waals surface area contributed by atoms with Gasteiger partial charge in [0.2, 0.25) is 0 Å². The molecule has 2 unspecified atom stereocenters. The third-order valence-electron chi connectivity index (χ3n) is 7.63. The maximum atomic E-state index is 2.94. The van der Waals surface area contributed by atoms with Crippen LogP contribution in [-0.4, -0.2) is 46.0 Å². The summed E-state index contributed by atoms with van der Waals surface area (Å²) in [6, 6.07) is 24.7. The summed E-state index contributed by atoms with van der Waals surface area (Å²) in [5.74, 6) is 0. The van der Waals surface area contributed by atoms with E-state index in [9.17, 15) is 0 Å². The summed E-state index contributed by atoms with van der Waals surface area (Å²) in [5, 5.41) is 3.00. The SMILES string of the molecule is CC(C)N(P(c1ccccc1)N(C)C1CCCCC1)P(c1ccccc1)N(C)C1CCCCC1. The Morgan fingerprint density at radius 2 is 0.941 bits per heavy atom. The molecule has 2 fully saturated rings. The fourth-order valence-corrected chi connectivity index (χ4v) is 12.4. The van der Waals surface area contributed by atoms with Gasteiger partial charge in [0.05, 0.1) is 16.4 Å². The molecular weight excluding hydrogens is 452 g/mol. The van der Waals surface area contributed by atoms with Crippen molar-refractivity contribution in [3.63, 3.8) is 0 Å². The van der Waals surface area contributed by atoms with Crippen molar-refractivity contribution in [1.82, 2.24) is 13.8 Å². The Morgan fingerprint density at radius 1 is 0.588 bits per heavy atom. The van der Waals surface area contributed by atoms with Crippen molar-refractivity contribution < 1.29 is 0 Å². The first-order valence-electron chi connectivity index (χ1n) is 13.5. The van der Waals surface area contributed by atoms with Crippen LogP contribution in [0.15, 0.2) is 60.7 Å². The van der Waals surface area contributed by atoms with Gasteiger partial charge in [-0.2, -0.15) is 0 Å². The molecule has 0 bridgehead atoms. The summed E-state index contributed by atoms with van der Waals surface area (Å²) < 4.78 is 8.55. The molecular formula is C29H45N3P2. The predicted molar refractivity (Wildman–Crippen MR) is 152 cm³/mol. The van der Waals surface area contributed by atoms with Crippen molar-refractivity contribution in [3.05, 3.63) is 60.7 Å². The van der Waals surface area contributed by atoms with Crippen LogP contribution in [0, 0.1) is 0 Å². The Morgan fingerprint density at radius 3 is 1.26 bits per heavy atom. The zero-order valence-corrected chi connectivity index (χ0v) is 23.6. The van der Waals surface area contributed by atoms with Crippen molar-refractivity contribution in [3.8, 4) is 0 Å². The van der Waals surface area contributed by atoms with Gasteiger partial charge in [-0.15, -0.1) is 0 Å². The van der Waals surface area contributed by atoms with Gasteiger partial charge in [-0.25, -0.2) is 4.44 Å². The summed E-state index contributed by atoms with van der Waals surface area (Å²) in [4.78, 5) is 0. The smallest absolute Gasteiger partial charge is 0.0776 e. The Hall–Kier alpha value is -0.820. The van der Waals surface area contributed by atoms with E-state index in [1.807, 2.05) is 0 Å². The van der Waals surface area contributed by atoms with Gasteiger partial charge in [0.1, 0.15) is 0 Å². The van der Waals surface area contributed by atoms with Gasteiger partial charge in [-0.1, -0.05) is 99.2 Å². The lowest BCUT2D eigenvalue weighted by molar-refractivity contribution is 0.280. The molecule has 186 valence electrons. The van der Waals surface area contributed by atoms with Gasteiger partial charge < -0.3 is 0 Å². The van der Waals surface area contributed by atoms with E-state index in [2.05, 4.69) is 102 Å². The molecule has 0 aliphatic heterocycles. The Labute approximate surface area is 211 Å². The number of nitrogens with zero attached hydrogens (tertiary/aromatic N) is 3. The van der Waals surface area contributed by atoms with Crippen molar-refractivity contribution in [2.24, 2.45) is 0 Å². The van der Waals surface area contributed by atoms with Crippen LogP contribution >= 0.6 is 16.4 Å². The molecule has 34 heavy (non-hydrogen) atoms. The van der Waals surface area contributed by atoms with Crippen LogP contribution in [0.4, 0.5) is 0 Å². The second kappa shape index (κ2) is 12.9. The van der Waals surface area contributed by atoms with E-state index in [-0.39, 0.29) is 0 Å². The van der Waals surface area contributed by atoms with Crippen LogP contribution in [0.1, 0.15) is 78.1 Å². The minimum absolute atomic E-state index is 0.467. The molecule has 0 radical (unpaired) electrons. The van der Waals surface area contributed by atoms with Gasteiger partial charge in [0.25, 0.3) is 0 Å². The normalized spacial score (nSPS) is 20.4. The lowest BCUT2D eigenvalue weighted by atomic mass is 9.96. The van der Waals surface area contributed by atoms with Crippen molar-refractivity contribution in [1.29, 1.82) is 0 Å². The fraction of sp³-hybridized carbons (Fsp3) is 0.586. The van der Waals surface area contributed by atoms with E-state index < -0.39 is 16.4 Å². The number of hydrogen-bond acceptors (Lipinski definition) is 3. The number of benzene rings is 2. The molecule has 2 aromatic carbocycles. The van der Waals surface area contributed by atoms with Crippen molar-refractivity contribution in [2.45, 2.75) is 96.2 Å². The van der Waals surface area contributed by atoms with Crippen LogP contribution in [0.25, 0.3) is 0 Å². The summed E-state index contributed by atoms with van der Waals surface area (Å²) in [5.41, 5.74) is 0. The van der Waals surface area contributed by atoms with Gasteiger partial charge >= 0.3 is 0 Å². The lowest BCUT2D eigenvalue weighted by Crippen LogP contribution is -2.44. The minimum Gasteiger partial charge on any atom is -0.266 e. The maximum absolute atomic E-state index is 2.94. The first-order valence-corrected chi connectivity index (χ1v) is 16.0. The third kappa shape index (κ3) is 6.29. The molecule has 3 nitrogen and oxygen atoms in total. The molecule has 2 aliphatic carbocycles. The van der Waals surface area contributed by atoms with Gasteiger partial charge in [-0.05, 0) is 53.6 Å². The second-order valence-electron chi connectivity index (χ2n) is 10.4. The Kier molecular flexibility index (Phi) is 9.99. The van der Waals surface area contributed by atoms with Crippen LogP contribution < -0.4 is 10.6 Å². The number of rotatable bonds is 9. The standard InChI is InChI=1S/C29H45N3P2/c1-25(2)32(33(28-21-13-7-14-22-28)30(3)26-17-9-5-10-18-26)34(29-23-15-8-16-24-29)31(4)27-19-11-6-12-20-27/h7-8,13-16,21-27H,5-6,9-12,17-20H2,1-4H3. The van der Waals surface area contributed by atoms with Crippen LogP contribution in [0.3, 0.4) is 0 Å². The second-order valence-corrected chi connectivity index (χ2v) is 15.0. The molecule has 0 aromatic heterocycles. The van der Waals surface area contributed by atoms with Crippen LogP contribution in [-0.2, 0) is 0 Å². The monoisotopic (exact) mass is 497 g/mol. The predicted octanol–water partition coefficient (Wildman–Crippen LogP) is 7.50. The van der Waals surface area contributed by atoms with E-state index in [1.54, 1.807) is 0 Å². The number of hydrogen-bond donors (Lipinski definition) is 0. The van der Waals surface area contributed by atoms with Crippen LogP contribution in [0.2, 0.25) is 0 Å². The zero-order chi connectivity index (χ0) is 23.9. The molecule has 2 aromatic rings. The van der Waals surface area contributed by atoms with E-state index in [0.717, 1.165) is 0 Å². The highest BCUT2D eigenvalue weighted by Gasteiger charge is 2.40. The summed E-state index contributed by atoms with van der Waals surface area (Å²) in [7, 11) is 3.66. The highest BCUT2D eigenvalue weighted by Crippen LogP contribution is 2.61. The maximum Gasteiger partial charge on any atom is 0.0776 e. The first kappa shape index (κ1) is 26.2. The third-order valence-corrected chi connectivity index (χ3v) is 13.7. The average molecular weight is 498 g/mol. The zero-order valence-electron chi connectivity index (χ0n) is 21.8. The topological polar surface area (TPSA) is 9.72 Å². The Bertz CT molecular complexity index is 767. The van der Waals surface area contributed by atoms with Crippen molar-refractivity contribution >= 4 is 27.1 Å². The lowest BCUT2D eigenvalue weighted by Gasteiger charge is -2.50. The first-order chi connectivity index (χ1) is 16.6. The quantitative estimate of drug-likeness (QED) is 0.332. The summed E-state index contributed by atoms with van der Waals surface area (Å²) >= 11 is 0.